The molecule has 0 saturated heterocycles. The fourth-order valence-electron chi connectivity index (χ4n) is 1.07. The fraction of sp³-hybridized carbons (Fsp3) is 0.250. The summed E-state index contributed by atoms with van der Waals surface area (Å²) in [5.74, 6) is -2.22. The number of aliphatic carboxylic acids is 1. The van der Waals surface area contributed by atoms with Gasteiger partial charge in [0.15, 0.2) is 0 Å². The highest BCUT2D eigenvalue weighted by Crippen LogP contribution is 2.28. The molecule has 0 fully saturated rings. The van der Waals surface area contributed by atoms with Crippen LogP contribution in [0, 0.1) is 0 Å². The first-order valence-corrected chi connectivity index (χ1v) is 3.87. The van der Waals surface area contributed by atoms with Crippen molar-refractivity contribution in [1.82, 2.24) is 4.98 Å². The second-order valence-corrected chi connectivity index (χ2v) is 2.79. The summed E-state index contributed by atoms with van der Waals surface area (Å²) in [6.07, 6.45) is -3.75. The average molecular weight is 219 g/mol. The van der Waals surface area contributed by atoms with Crippen molar-refractivity contribution in [2.45, 2.75) is 12.8 Å². The zero-order valence-corrected chi connectivity index (χ0v) is 7.33. The number of rotatable bonds is 3. The molecule has 0 aromatic carbocycles. The molecule has 0 aliphatic heterocycles. The maximum Gasteiger partial charge on any atom is 0.309 e. The van der Waals surface area contributed by atoms with Gasteiger partial charge in [-0.25, -0.2) is 8.78 Å². The highest BCUT2D eigenvalue weighted by atomic mass is 19.3. The maximum atomic E-state index is 12.3. The topological polar surface area (TPSA) is 90.4 Å². The summed E-state index contributed by atoms with van der Waals surface area (Å²) in [6.45, 7) is 0. The molecule has 0 radical (unpaired) electrons. The Hall–Kier alpha value is -1.92. The van der Waals surface area contributed by atoms with Crippen molar-refractivity contribution in [3.8, 4) is 5.75 Å². The molecule has 1 heterocycles. The molecule has 5 nitrogen and oxygen atoms in total. The standard InChI is InChI=1S/C8H7F2NO4/c9-8(10)3-1-5(12)11-4(7(3)15)2-6(13)14/h1,8,15H,2H2,(H,11,12)(H,13,14). The van der Waals surface area contributed by atoms with Gasteiger partial charge in [-0.15, -0.1) is 0 Å². The molecular weight excluding hydrogens is 212 g/mol. The largest absolute Gasteiger partial charge is 0.506 e. The van der Waals surface area contributed by atoms with Gasteiger partial charge in [0.1, 0.15) is 5.75 Å². The van der Waals surface area contributed by atoms with Gasteiger partial charge < -0.3 is 15.2 Å². The second-order valence-electron chi connectivity index (χ2n) is 2.79. The molecule has 0 aliphatic rings. The number of aromatic amines is 1. The van der Waals surface area contributed by atoms with Gasteiger partial charge in [-0.1, -0.05) is 0 Å². The van der Waals surface area contributed by atoms with Crippen molar-refractivity contribution >= 4 is 5.97 Å². The first kappa shape index (κ1) is 11.2. The highest BCUT2D eigenvalue weighted by Gasteiger charge is 2.18. The monoisotopic (exact) mass is 219 g/mol. The molecule has 0 unspecified atom stereocenters. The third-order valence-corrected chi connectivity index (χ3v) is 1.68. The number of aromatic nitrogens is 1. The van der Waals surface area contributed by atoms with Gasteiger partial charge in [0, 0.05) is 6.07 Å². The number of H-pyrrole nitrogens is 1. The van der Waals surface area contributed by atoms with Crippen molar-refractivity contribution in [3.63, 3.8) is 0 Å². The Bertz CT molecular complexity index is 441. The first-order valence-electron chi connectivity index (χ1n) is 3.87. The molecular formula is C8H7F2NO4. The van der Waals surface area contributed by atoms with Crippen molar-refractivity contribution in [3.05, 3.63) is 27.7 Å². The number of aromatic hydroxyl groups is 1. The van der Waals surface area contributed by atoms with Gasteiger partial charge in [0.25, 0.3) is 6.43 Å². The van der Waals surface area contributed by atoms with E-state index in [0.717, 1.165) is 0 Å². The van der Waals surface area contributed by atoms with Crippen molar-refractivity contribution < 1.29 is 23.8 Å². The lowest BCUT2D eigenvalue weighted by molar-refractivity contribution is -0.136. The highest BCUT2D eigenvalue weighted by molar-refractivity contribution is 5.70. The summed E-state index contributed by atoms with van der Waals surface area (Å²) in [5.41, 5.74) is -2.17. The maximum absolute atomic E-state index is 12.3. The molecule has 82 valence electrons. The number of nitrogens with one attached hydrogen (secondary N) is 1. The summed E-state index contributed by atoms with van der Waals surface area (Å²) in [7, 11) is 0. The van der Waals surface area contributed by atoms with Crippen LogP contribution in [0.15, 0.2) is 10.9 Å². The van der Waals surface area contributed by atoms with E-state index in [1.54, 1.807) is 0 Å². The van der Waals surface area contributed by atoms with E-state index in [-0.39, 0.29) is 0 Å². The van der Waals surface area contributed by atoms with Gasteiger partial charge >= 0.3 is 5.97 Å². The molecule has 7 heteroatoms. The number of pyridine rings is 1. The Morgan fingerprint density at radius 3 is 2.60 bits per heavy atom. The predicted octanol–water partition coefficient (Wildman–Crippen LogP) is 0.645. The van der Waals surface area contributed by atoms with Crippen LogP contribution < -0.4 is 5.56 Å². The average Bonchev–Trinajstić information content (AvgIpc) is 2.09. The summed E-state index contributed by atoms with van der Waals surface area (Å²) in [5, 5.41) is 17.6. The molecule has 0 spiro atoms. The van der Waals surface area contributed by atoms with Crippen LogP contribution in [-0.2, 0) is 11.2 Å². The Kier molecular flexibility index (Phi) is 3.03. The van der Waals surface area contributed by atoms with Gasteiger partial charge in [-0.05, 0) is 0 Å². The summed E-state index contributed by atoms with van der Waals surface area (Å²) >= 11 is 0. The minimum absolute atomic E-state index is 0.426. The minimum atomic E-state index is -3.03. The van der Waals surface area contributed by atoms with E-state index in [1.165, 1.54) is 0 Å². The van der Waals surface area contributed by atoms with Crippen molar-refractivity contribution in [2.24, 2.45) is 0 Å². The van der Waals surface area contributed by atoms with Crippen LogP contribution in [0.5, 0.6) is 5.75 Å². The lowest BCUT2D eigenvalue weighted by Gasteiger charge is -2.06. The Morgan fingerprint density at radius 1 is 1.53 bits per heavy atom. The summed E-state index contributed by atoms with van der Waals surface area (Å²) in [4.78, 5) is 23.1. The van der Waals surface area contributed by atoms with E-state index in [1.807, 2.05) is 4.98 Å². The number of hydrogen-bond donors (Lipinski definition) is 3. The zero-order valence-electron chi connectivity index (χ0n) is 7.33. The van der Waals surface area contributed by atoms with Crippen LogP contribution >= 0.6 is 0 Å². The Balaban J connectivity index is 3.28. The van der Waals surface area contributed by atoms with Crippen LogP contribution in [0.2, 0.25) is 0 Å². The molecule has 1 rings (SSSR count). The molecule has 0 atom stereocenters. The summed E-state index contributed by atoms with van der Waals surface area (Å²) in [6, 6.07) is 0.533. The number of carbonyl (C=O) groups is 1. The number of halogens is 2. The van der Waals surface area contributed by atoms with E-state index < -0.39 is 41.4 Å². The van der Waals surface area contributed by atoms with E-state index in [9.17, 15) is 23.5 Å². The molecule has 0 saturated carbocycles. The van der Waals surface area contributed by atoms with E-state index in [0.29, 0.717) is 6.07 Å². The fourth-order valence-corrected chi connectivity index (χ4v) is 1.07. The molecule has 15 heavy (non-hydrogen) atoms. The molecule has 0 amide bonds. The molecule has 3 N–H and O–H groups in total. The van der Waals surface area contributed by atoms with Crippen molar-refractivity contribution in [2.75, 3.05) is 0 Å². The van der Waals surface area contributed by atoms with Gasteiger partial charge in [0.2, 0.25) is 5.56 Å². The van der Waals surface area contributed by atoms with Gasteiger partial charge in [-0.2, -0.15) is 0 Å². The molecule has 0 bridgehead atoms. The lowest BCUT2D eigenvalue weighted by atomic mass is 10.1. The molecule has 1 aromatic rings. The smallest absolute Gasteiger partial charge is 0.309 e. The normalized spacial score (nSPS) is 10.6. The third-order valence-electron chi connectivity index (χ3n) is 1.68. The zero-order chi connectivity index (χ0) is 11.6. The number of carboxylic acids is 1. The van der Waals surface area contributed by atoms with Crippen LogP contribution in [0.3, 0.4) is 0 Å². The van der Waals surface area contributed by atoms with E-state index in [4.69, 9.17) is 5.11 Å². The summed E-state index contributed by atoms with van der Waals surface area (Å²) < 4.78 is 24.5. The Labute approximate surface area is 82.0 Å². The van der Waals surface area contributed by atoms with Crippen molar-refractivity contribution in [1.29, 1.82) is 0 Å². The van der Waals surface area contributed by atoms with Gasteiger partial charge in [0.05, 0.1) is 17.7 Å². The van der Waals surface area contributed by atoms with Crippen LogP contribution in [-0.4, -0.2) is 21.2 Å². The van der Waals surface area contributed by atoms with Gasteiger partial charge in [-0.3, -0.25) is 9.59 Å². The minimum Gasteiger partial charge on any atom is -0.506 e. The first-order chi connectivity index (χ1) is 6.91. The third kappa shape index (κ3) is 2.52. The number of alkyl halides is 2. The molecule has 1 aromatic heterocycles. The Morgan fingerprint density at radius 2 is 2.13 bits per heavy atom. The molecule has 0 aliphatic carbocycles. The second kappa shape index (κ2) is 4.07. The van der Waals surface area contributed by atoms with Crippen LogP contribution in [0.25, 0.3) is 0 Å². The number of hydrogen-bond acceptors (Lipinski definition) is 3. The number of carboxylic acid groups (broad SMARTS) is 1. The van der Waals surface area contributed by atoms with Crippen LogP contribution in [0.4, 0.5) is 8.78 Å². The van der Waals surface area contributed by atoms with E-state index >= 15 is 0 Å². The predicted molar refractivity (Wildman–Crippen MR) is 45.0 cm³/mol. The quantitative estimate of drug-likeness (QED) is 0.695. The van der Waals surface area contributed by atoms with Crippen LogP contribution in [0.1, 0.15) is 17.7 Å². The van der Waals surface area contributed by atoms with E-state index in [2.05, 4.69) is 0 Å². The SMILES string of the molecule is O=C(O)Cc1[nH]c(=O)cc(C(F)F)c1O. The lowest BCUT2D eigenvalue weighted by Crippen LogP contribution is -2.13.